The lowest BCUT2D eigenvalue weighted by Crippen LogP contribution is -2.53. The third-order valence-electron chi connectivity index (χ3n) is 9.52. The van der Waals surface area contributed by atoms with Crippen molar-refractivity contribution in [2.24, 2.45) is 13.0 Å². The molecule has 5 aromatic rings. The zero-order valence-electron chi connectivity index (χ0n) is 25.8. The van der Waals surface area contributed by atoms with Crippen LogP contribution in [-0.2, 0) is 18.4 Å². The van der Waals surface area contributed by atoms with Crippen molar-refractivity contribution in [3.63, 3.8) is 0 Å². The van der Waals surface area contributed by atoms with E-state index in [1.165, 1.54) is 22.2 Å². The van der Waals surface area contributed by atoms with Crippen LogP contribution >= 0.6 is 11.3 Å². The number of benzene rings is 1. The zero-order valence-corrected chi connectivity index (χ0v) is 26.7. The molecule has 0 saturated carbocycles. The van der Waals surface area contributed by atoms with E-state index < -0.39 is 5.60 Å². The lowest BCUT2D eigenvalue weighted by atomic mass is 9.79. The van der Waals surface area contributed by atoms with Gasteiger partial charge in [0.05, 0.1) is 29.5 Å². The molecule has 12 heteroatoms. The Morgan fingerprint density at radius 1 is 1.09 bits per heavy atom. The van der Waals surface area contributed by atoms with Crippen LogP contribution in [0.5, 0.6) is 0 Å². The van der Waals surface area contributed by atoms with Gasteiger partial charge in [-0.1, -0.05) is 30.3 Å². The first kappa shape index (κ1) is 30.1. The molecule has 2 amide bonds. The SMILES string of the molecule is Cc1nc(-c2ccoc2)sc1C(=O)N1CC[C@@H](C(=O)N2CCC(O)(Cn3cnc4c(ccn4C)c3=O)CC2)[C@H](c2ccccc2)C1. The Labute approximate surface area is 269 Å². The summed E-state index contributed by atoms with van der Waals surface area (Å²) in [6.45, 7) is 3.64. The first-order valence-electron chi connectivity index (χ1n) is 15.6. The molecule has 0 spiro atoms. The van der Waals surface area contributed by atoms with Crippen molar-refractivity contribution in [2.45, 2.75) is 44.2 Å². The maximum absolute atomic E-state index is 14.1. The molecule has 238 valence electrons. The maximum atomic E-state index is 14.1. The van der Waals surface area contributed by atoms with E-state index in [0.29, 0.717) is 67.0 Å². The van der Waals surface area contributed by atoms with Gasteiger partial charge in [-0.3, -0.25) is 19.0 Å². The highest BCUT2D eigenvalue weighted by Gasteiger charge is 2.42. The molecule has 2 aliphatic rings. The quantitative estimate of drug-likeness (QED) is 0.297. The van der Waals surface area contributed by atoms with E-state index in [9.17, 15) is 19.5 Å². The van der Waals surface area contributed by atoms with E-state index in [0.717, 1.165) is 16.1 Å². The van der Waals surface area contributed by atoms with Crippen molar-refractivity contribution in [2.75, 3.05) is 26.2 Å². The first-order valence-corrected chi connectivity index (χ1v) is 16.4. The molecule has 4 aromatic heterocycles. The Bertz CT molecular complexity index is 1940. The summed E-state index contributed by atoms with van der Waals surface area (Å²) in [7, 11) is 1.84. The molecule has 2 atom stereocenters. The molecule has 1 aromatic carbocycles. The van der Waals surface area contributed by atoms with Crippen LogP contribution in [0.2, 0.25) is 0 Å². The number of nitrogens with zero attached hydrogens (tertiary/aromatic N) is 6. The Morgan fingerprint density at radius 3 is 2.61 bits per heavy atom. The monoisotopic (exact) mass is 640 g/mol. The Kier molecular flexibility index (Phi) is 7.85. The summed E-state index contributed by atoms with van der Waals surface area (Å²) in [4.78, 5) is 54.3. The van der Waals surface area contributed by atoms with Gasteiger partial charge in [-0.25, -0.2) is 9.97 Å². The van der Waals surface area contributed by atoms with Crippen LogP contribution in [0, 0.1) is 12.8 Å². The minimum absolute atomic E-state index is 0.0451. The molecule has 0 aliphatic carbocycles. The molecule has 0 unspecified atom stereocenters. The number of hydrogen-bond donors (Lipinski definition) is 1. The molecule has 46 heavy (non-hydrogen) atoms. The van der Waals surface area contributed by atoms with Gasteiger partial charge in [0, 0.05) is 56.8 Å². The van der Waals surface area contributed by atoms with E-state index in [4.69, 9.17) is 4.42 Å². The Morgan fingerprint density at radius 2 is 1.87 bits per heavy atom. The highest BCUT2D eigenvalue weighted by Crippen LogP contribution is 2.37. The van der Waals surface area contributed by atoms with Crippen molar-refractivity contribution in [3.8, 4) is 10.6 Å². The summed E-state index contributed by atoms with van der Waals surface area (Å²) >= 11 is 1.36. The van der Waals surface area contributed by atoms with Gasteiger partial charge in [0.2, 0.25) is 5.91 Å². The summed E-state index contributed by atoms with van der Waals surface area (Å²) in [5.41, 5.74) is 1.85. The number of carbonyl (C=O) groups is 2. The molecular formula is C34H36N6O5S. The number of aryl methyl sites for hydroxylation is 2. The number of likely N-dealkylation sites (tertiary alicyclic amines) is 2. The van der Waals surface area contributed by atoms with E-state index in [2.05, 4.69) is 9.97 Å². The van der Waals surface area contributed by atoms with Gasteiger partial charge in [0.15, 0.2) is 0 Å². The highest BCUT2D eigenvalue weighted by molar-refractivity contribution is 7.17. The molecule has 7 rings (SSSR count). The van der Waals surface area contributed by atoms with Crippen LogP contribution in [0.25, 0.3) is 21.6 Å². The van der Waals surface area contributed by atoms with Gasteiger partial charge in [0.1, 0.15) is 28.1 Å². The number of hydrogen-bond acceptors (Lipinski definition) is 8. The van der Waals surface area contributed by atoms with Crippen molar-refractivity contribution >= 4 is 34.2 Å². The number of thiazole rings is 1. The fourth-order valence-electron chi connectivity index (χ4n) is 6.86. The van der Waals surface area contributed by atoms with E-state index in [1.807, 2.05) is 60.2 Å². The third kappa shape index (κ3) is 5.56. The van der Waals surface area contributed by atoms with Crippen LogP contribution in [0.4, 0.5) is 0 Å². The molecule has 0 bridgehead atoms. The van der Waals surface area contributed by atoms with Crippen LogP contribution in [0.1, 0.15) is 46.1 Å². The number of furan rings is 1. The minimum atomic E-state index is -1.12. The predicted molar refractivity (Wildman–Crippen MR) is 173 cm³/mol. The Balaban J connectivity index is 1.05. The van der Waals surface area contributed by atoms with Crippen molar-refractivity contribution < 1.29 is 19.1 Å². The van der Waals surface area contributed by atoms with Crippen molar-refractivity contribution in [1.82, 2.24) is 28.9 Å². The lowest BCUT2D eigenvalue weighted by Gasteiger charge is -2.43. The van der Waals surface area contributed by atoms with Crippen LogP contribution in [0.3, 0.4) is 0 Å². The largest absolute Gasteiger partial charge is 0.472 e. The number of piperidine rings is 2. The predicted octanol–water partition coefficient (Wildman–Crippen LogP) is 4.06. The molecule has 1 N–H and O–H groups in total. The third-order valence-corrected chi connectivity index (χ3v) is 10.7. The molecule has 2 fully saturated rings. The minimum Gasteiger partial charge on any atom is -0.472 e. The summed E-state index contributed by atoms with van der Waals surface area (Å²) < 4.78 is 8.47. The van der Waals surface area contributed by atoms with Gasteiger partial charge < -0.3 is 23.9 Å². The highest BCUT2D eigenvalue weighted by atomic mass is 32.1. The van der Waals surface area contributed by atoms with Gasteiger partial charge in [-0.05, 0) is 43.9 Å². The number of carbonyl (C=O) groups excluding carboxylic acids is 2. The van der Waals surface area contributed by atoms with E-state index >= 15 is 0 Å². The molecule has 2 aliphatic heterocycles. The average Bonchev–Trinajstić information content (AvgIpc) is 3.83. The topological polar surface area (TPSA) is 127 Å². The standard InChI is InChI=1S/C34H36N6O5S/c1-22-28(46-30(36-22)24-10-17-45-19-24)33(43)39-14-9-25(27(18-39)23-6-4-3-5-7-23)31(41)38-15-11-34(44,12-16-38)20-40-21-35-29-26(32(40)42)8-13-37(29)2/h3-8,10,13,17,19,21,25,27,44H,9,11-12,14-16,18,20H2,1-2H3/t25-,27+/m1/s1. The average molecular weight is 641 g/mol. The molecular weight excluding hydrogens is 604 g/mol. The van der Waals surface area contributed by atoms with Gasteiger partial charge in [-0.2, -0.15) is 0 Å². The first-order chi connectivity index (χ1) is 22.2. The second-order valence-corrected chi connectivity index (χ2v) is 13.5. The normalized spacial score (nSPS) is 19.9. The van der Waals surface area contributed by atoms with E-state index in [-0.39, 0.29) is 35.8 Å². The van der Waals surface area contributed by atoms with Gasteiger partial charge in [-0.15, -0.1) is 11.3 Å². The Hall–Kier alpha value is -4.55. The number of rotatable bonds is 6. The fraction of sp³-hybridized carbons (Fsp3) is 0.382. The molecule has 2 saturated heterocycles. The number of fused-ring (bicyclic) bond motifs is 1. The van der Waals surface area contributed by atoms with Crippen molar-refractivity contribution in [3.05, 3.63) is 94.0 Å². The number of amides is 2. The van der Waals surface area contributed by atoms with Crippen molar-refractivity contribution in [1.29, 1.82) is 0 Å². The van der Waals surface area contributed by atoms with Crippen LogP contribution in [0.15, 0.2) is 76.7 Å². The van der Waals surface area contributed by atoms with Gasteiger partial charge >= 0.3 is 0 Å². The second-order valence-electron chi connectivity index (χ2n) is 12.5. The summed E-state index contributed by atoms with van der Waals surface area (Å²) in [5.74, 6) is -0.494. The van der Waals surface area contributed by atoms with E-state index in [1.54, 1.807) is 29.4 Å². The fourth-order valence-corrected chi connectivity index (χ4v) is 7.88. The lowest BCUT2D eigenvalue weighted by molar-refractivity contribution is -0.142. The second kappa shape index (κ2) is 12.0. The summed E-state index contributed by atoms with van der Waals surface area (Å²) in [6.07, 6.45) is 7.75. The summed E-state index contributed by atoms with van der Waals surface area (Å²) in [6, 6.07) is 13.5. The smallest absolute Gasteiger partial charge is 0.265 e. The number of aromatic nitrogens is 4. The maximum Gasteiger partial charge on any atom is 0.265 e. The molecule has 11 nitrogen and oxygen atoms in total. The van der Waals surface area contributed by atoms with Crippen LogP contribution < -0.4 is 5.56 Å². The van der Waals surface area contributed by atoms with Gasteiger partial charge in [0.25, 0.3) is 11.5 Å². The molecule has 6 heterocycles. The number of aliphatic hydroxyl groups is 1. The molecule has 0 radical (unpaired) electrons. The van der Waals surface area contributed by atoms with Crippen LogP contribution in [-0.4, -0.2) is 77.6 Å². The summed E-state index contributed by atoms with van der Waals surface area (Å²) in [5, 5.41) is 12.7. The zero-order chi connectivity index (χ0) is 32.0.